The molecule has 1 aromatic rings. The molecule has 0 spiro atoms. The van der Waals surface area contributed by atoms with Crippen LogP contribution >= 0.6 is 31.9 Å². The third-order valence-corrected chi connectivity index (χ3v) is 3.58. The average Bonchev–Trinajstić information content (AvgIpc) is 2.35. The minimum Gasteiger partial charge on any atom is -0.389 e. The molecular formula is C13H19Br2NO3. The van der Waals surface area contributed by atoms with Crippen molar-refractivity contribution >= 4 is 37.5 Å². The second-order valence-electron chi connectivity index (χ2n) is 4.26. The quantitative estimate of drug-likeness (QED) is 0.709. The maximum Gasteiger partial charge on any atom is 0.0945 e. The van der Waals surface area contributed by atoms with E-state index in [4.69, 9.17) is 9.47 Å². The van der Waals surface area contributed by atoms with Crippen LogP contribution in [-0.2, 0) is 9.47 Å². The van der Waals surface area contributed by atoms with Crippen LogP contribution in [0.5, 0.6) is 0 Å². The van der Waals surface area contributed by atoms with Gasteiger partial charge in [-0.15, -0.1) is 0 Å². The van der Waals surface area contributed by atoms with Gasteiger partial charge in [-0.3, -0.25) is 0 Å². The van der Waals surface area contributed by atoms with Crippen molar-refractivity contribution < 1.29 is 14.6 Å². The minimum absolute atomic E-state index is 0.0148. The summed E-state index contributed by atoms with van der Waals surface area (Å²) in [7, 11) is 1.63. The van der Waals surface area contributed by atoms with E-state index < -0.39 is 6.10 Å². The summed E-state index contributed by atoms with van der Waals surface area (Å²) >= 11 is 6.85. The number of hydrogen-bond donors (Lipinski definition) is 2. The summed E-state index contributed by atoms with van der Waals surface area (Å²) in [6.45, 7) is 3.15. The van der Waals surface area contributed by atoms with E-state index in [1.807, 2.05) is 25.1 Å². The average molecular weight is 397 g/mol. The minimum atomic E-state index is -0.560. The number of hydrogen-bond acceptors (Lipinski definition) is 4. The fourth-order valence-corrected chi connectivity index (χ4v) is 2.66. The number of anilines is 1. The van der Waals surface area contributed by atoms with Gasteiger partial charge >= 0.3 is 0 Å². The highest BCUT2D eigenvalue weighted by Gasteiger charge is 2.09. The number of aliphatic hydroxyl groups excluding tert-OH is 1. The van der Waals surface area contributed by atoms with Crippen LogP contribution in [0, 0.1) is 0 Å². The molecule has 0 saturated heterocycles. The van der Waals surface area contributed by atoms with Crippen LogP contribution in [0.3, 0.4) is 0 Å². The summed E-state index contributed by atoms with van der Waals surface area (Å²) in [5, 5.41) is 13.0. The molecule has 0 aromatic heterocycles. The molecule has 1 rings (SSSR count). The van der Waals surface area contributed by atoms with E-state index in [0.717, 1.165) is 14.6 Å². The molecule has 0 aliphatic rings. The zero-order valence-electron chi connectivity index (χ0n) is 11.0. The van der Waals surface area contributed by atoms with E-state index >= 15 is 0 Å². The van der Waals surface area contributed by atoms with Gasteiger partial charge in [0.15, 0.2) is 0 Å². The Hall–Kier alpha value is -0.140. The van der Waals surface area contributed by atoms with Crippen LogP contribution in [0.4, 0.5) is 5.69 Å². The first-order valence-electron chi connectivity index (χ1n) is 6.00. The molecule has 108 valence electrons. The van der Waals surface area contributed by atoms with Crippen LogP contribution in [0.1, 0.15) is 6.92 Å². The molecule has 2 atom stereocenters. The van der Waals surface area contributed by atoms with Crippen molar-refractivity contribution in [1.29, 1.82) is 0 Å². The normalized spacial score (nSPS) is 14.2. The summed E-state index contributed by atoms with van der Waals surface area (Å²) in [6.07, 6.45) is -0.575. The number of methoxy groups -OCH3 is 1. The Bertz CT molecular complexity index is 390. The van der Waals surface area contributed by atoms with Crippen LogP contribution in [-0.4, -0.2) is 44.2 Å². The number of ether oxygens (including phenoxy) is 2. The lowest BCUT2D eigenvalue weighted by atomic mass is 10.3. The molecule has 19 heavy (non-hydrogen) atoms. The molecule has 1 aromatic carbocycles. The molecule has 4 nitrogen and oxygen atoms in total. The van der Waals surface area contributed by atoms with E-state index in [-0.39, 0.29) is 12.7 Å². The third kappa shape index (κ3) is 6.72. The summed E-state index contributed by atoms with van der Waals surface area (Å²) in [5.41, 5.74) is 0.937. The summed E-state index contributed by atoms with van der Waals surface area (Å²) in [5.74, 6) is 0. The number of aliphatic hydroxyl groups is 1. The lowest BCUT2D eigenvalue weighted by molar-refractivity contribution is -0.0282. The van der Waals surface area contributed by atoms with Crippen molar-refractivity contribution in [3.8, 4) is 0 Å². The van der Waals surface area contributed by atoms with E-state index in [1.54, 1.807) is 7.11 Å². The Balaban J connectivity index is 2.31. The molecule has 6 heteroatoms. The predicted octanol–water partition coefficient (Wildman–Crippen LogP) is 3.04. The fourth-order valence-electron chi connectivity index (χ4n) is 1.48. The van der Waals surface area contributed by atoms with Gasteiger partial charge < -0.3 is 19.9 Å². The number of halogens is 2. The zero-order valence-corrected chi connectivity index (χ0v) is 14.2. The molecule has 0 aliphatic heterocycles. The summed E-state index contributed by atoms with van der Waals surface area (Å²) in [4.78, 5) is 0. The number of nitrogens with one attached hydrogen (secondary N) is 1. The molecule has 0 radical (unpaired) electrons. The highest BCUT2D eigenvalue weighted by atomic mass is 79.9. The SMILES string of the molecule is COCC(C)OCC(O)CNc1ccc(Br)cc1Br. The molecule has 0 saturated carbocycles. The van der Waals surface area contributed by atoms with E-state index in [1.165, 1.54) is 0 Å². The predicted molar refractivity (Wildman–Crippen MR) is 83.6 cm³/mol. The van der Waals surface area contributed by atoms with Crippen molar-refractivity contribution in [2.24, 2.45) is 0 Å². The smallest absolute Gasteiger partial charge is 0.0945 e. The van der Waals surface area contributed by atoms with Gasteiger partial charge in [0.1, 0.15) is 0 Å². The standard InChI is InChI=1S/C13H19Br2NO3/c1-9(7-18-2)19-8-11(17)6-16-13-4-3-10(14)5-12(13)15/h3-5,9,11,16-17H,6-8H2,1-2H3. The molecule has 0 heterocycles. The fraction of sp³-hybridized carbons (Fsp3) is 0.538. The topological polar surface area (TPSA) is 50.7 Å². The summed E-state index contributed by atoms with van der Waals surface area (Å²) in [6, 6.07) is 5.83. The highest BCUT2D eigenvalue weighted by molar-refractivity contribution is 9.11. The number of rotatable bonds is 8. The second-order valence-corrected chi connectivity index (χ2v) is 6.03. The van der Waals surface area contributed by atoms with Crippen LogP contribution in [0.25, 0.3) is 0 Å². The van der Waals surface area contributed by atoms with Crippen molar-refractivity contribution in [3.63, 3.8) is 0 Å². The number of benzene rings is 1. The van der Waals surface area contributed by atoms with Crippen LogP contribution in [0.2, 0.25) is 0 Å². The first kappa shape index (κ1) is 16.9. The molecule has 2 unspecified atom stereocenters. The van der Waals surface area contributed by atoms with Gasteiger partial charge in [0.25, 0.3) is 0 Å². The molecule has 2 N–H and O–H groups in total. The lowest BCUT2D eigenvalue weighted by Crippen LogP contribution is -2.28. The van der Waals surface area contributed by atoms with E-state index in [0.29, 0.717) is 13.2 Å². The van der Waals surface area contributed by atoms with Gasteiger partial charge in [-0.05, 0) is 41.1 Å². The molecule has 0 amide bonds. The Kier molecular flexibility index (Phi) is 7.94. The van der Waals surface area contributed by atoms with Gasteiger partial charge in [0.2, 0.25) is 0 Å². The Morgan fingerprint density at radius 3 is 2.68 bits per heavy atom. The van der Waals surface area contributed by atoms with Crippen LogP contribution < -0.4 is 5.32 Å². The highest BCUT2D eigenvalue weighted by Crippen LogP contribution is 2.25. The first-order chi connectivity index (χ1) is 9.02. The van der Waals surface area contributed by atoms with Crippen molar-refractivity contribution in [2.75, 3.05) is 32.2 Å². The van der Waals surface area contributed by atoms with Gasteiger partial charge in [-0.1, -0.05) is 15.9 Å². The molecule has 0 bridgehead atoms. The largest absolute Gasteiger partial charge is 0.389 e. The van der Waals surface area contributed by atoms with Crippen molar-refractivity contribution in [1.82, 2.24) is 0 Å². The van der Waals surface area contributed by atoms with Gasteiger partial charge in [0.05, 0.1) is 25.4 Å². The summed E-state index contributed by atoms with van der Waals surface area (Å²) < 4.78 is 12.4. The Morgan fingerprint density at radius 1 is 1.32 bits per heavy atom. The molecule has 0 fully saturated rings. The molecule has 0 aliphatic carbocycles. The molecular weight excluding hydrogens is 378 g/mol. The third-order valence-electron chi connectivity index (χ3n) is 2.43. The van der Waals surface area contributed by atoms with Gasteiger partial charge in [-0.25, -0.2) is 0 Å². The van der Waals surface area contributed by atoms with Gasteiger partial charge in [0, 0.05) is 28.3 Å². The Morgan fingerprint density at radius 2 is 2.05 bits per heavy atom. The maximum atomic E-state index is 9.82. The van der Waals surface area contributed by atoms with Gasteiger partial charge in [-0.2, -0.15) is 0 Å². The maximum absolute atomic E-state index is 9.82. The van der Waals surface area contributed by atoms with Crippen LogP contribution in [0.15, 0.2) is 27.1 Å². The zero-order chi connectivity index (χ0) is 14.3. The van der Waals surface area contributed by atoms with E-state index in [9.17, 15) is 5.11 Å². The monoisotopic (exact) mass is 395 g/mol. The Labute approximate surface area is 130 Å². The second kappa shape index (κ2) is 8.92. The first-order valence-corrected chi connectivity index (χ1v) is 7.59. The lowest BCUT2D eigenvalue weighted by Gasteiger charge is -2.17. The van der Waals surface area contributed by atoms with E-state index in [2.05, 4.69) is 37.2 Å². The van der Waals surface area contributed by atoms with Crippen molar-refractivity contribution in [2.45, 2.75) is 19.1 Å². The van der Waals surface area contributed by atoms with Crippen molar-refractivity contribution in [3.05, 3.63) is 27.1 Å².